The average molecular weight is 409 g/mol. The van der Waals surface area contributed by atoms with Crippen LogP contribution in [0.3, 0.4) is 0 Å². The standard InChI is InChI=1S/C20H25N2O.ClHO4/c1-21(2)14-19(15-22(3)4)18-10-12-20(13-11-18)23-16-17-8-6-5-7-9-17;2-1(3,4)5/h5-13H,14,16H2,1-4H3;(H,2,3,4,5)/q+1;/p-1. The van der Waals surface area contributed by atoms with E-state index in [9.17, 15) is 0 Å². The third-order valence-corrected chi connectivity index (χ3v) is 3.28. The Morgan fingerprint density at radius 1 is 0.964 bits per heavy atom. The fourth-order valence-electron chi connectivity index (χ4n) is 2.27. The molecule has 0 saturated heterocycles. The summed E-state index contributed by atoms with van der Waals surface area (Å²) >= 11 is 0. The summed E-state index contributed by atoms with van der Waals surface area (Å²) in [6.07, 6.45) is 0. The van der Waals surface area contributed by atoms with Gasteiger partial charge in [-0.3, -0.25) is 0 Å². The van der Waals surface area contributed by atoms with E-state index in [4.69, 9.17) is 23.4 Å². The van der Waals surface area contributed by atoms with Gasteiger partial charge in [-0.15, -0.1) is 10.2 Å². The molecule has 0 aliphatic heterocycles. The Labute approximate surface area is 167 Å². The Morgan fingerprint density at radius 3 is 1.96 bits per heavy atom. The molecule has 0 saturated carbocycles. The third-order valence-electron chi connectivity index (χ3n) is 3.28. The first kappa shape index (κ1) is 23.8. The van der Waals surface area contributed by atoms with Gasteiger partial charge in [-0.25, -0.2) is 18.6 Å². The number of rotatable bonds is 6. The van der Waals surface area contributed by atoms with E-state index in [-0.39, 0.29) is 0 Å². The molecular weight excluding hydrogens is 384 g/mol. The summed E-state index contributed by atoms with van der Waals surface area (Å²) in [5.41, 5.74) is 3.50. The van der Waals surface area contributed by atoms with Crippen LogP contribution in [0, 0.1) is 10.2 Å². The first-order valence-corrected chi connectivity index (χ1v) is 9.61. The number of nitrogens with zero attached hydrogens (tertiary/aromatic N) is 2. The van der Waals surface area contributed by atoms with Gasteiger partial charge in [0, 0.05) is 6.54 Å². The van der Waals surface area contributed by atoms with E-state index in [1.807, 2.05) is 49.0 Å². The van der Waals surface area contributed by atoms with E-state index in [1.54, 1.807) is 0 Å². The van der Waals surface area contributed by atoms with E-state index < -0.39 is 10.2 Å². The molecule has 8 heteroatoms. The highest BCUT2D eigenvalue weighted by molar-refractivity contribution is 5.88. The number of halogens is 1. The van der Waals surface area contributed by atoms with Crippen molar-refractivity contribution < 1.29 is 38.2 Å². The smallest absolute Gasteiger partial charge is 0.172 e. The van der Waals surface area contributed by atoms with Gasteiger partial charge in [0.05, 0.1) is 5.57 Å². The van der Waals surface area contributed by atoms with E-state index >= 15 is 0 Å². The molecule has 0 atom stereocenters. The van der Waals surface area contributed by atoms with Crippen molar-refractivity contribution in [2.75, 3.05) is 34.7 Å². The molecule has 0 aromatic heterocycles. The molecular formula is C20H25ClN2O5. The van der Waals surface area contributed by atoms with Gasteiger partial charge >= 0.3 is 0 Å². The molecule has 0 unspecified atom stereocenters. The lowest BCUT2D eigenvalue weighted by Crippen LogP contribution is -2.68. The van der Waals surface area contributed by atoms with Crippen molar-refractivity contribution in [1.82, 2.24) is 4.90 Å². The Hall–Kier alpha value is -2.22. The van der Waals surface area contributed by atoms with Gasteiger partial charge in [0.15, 0.2) is 5.87 Å². The highest BCUT2D eigenvalue weighted by atomic mass is 35.7. The summed E-state index contributed by atoms with van der Waals surface area (Å²) in [5, 5.41) is 0. The summed E-state index contributed by atoms with van der Waals surface area (Å²) in [7, 11) is 3.17. The number of benzene rings is 2. The predicted molar refractivity (Wildman–Crippen MR) is 96.3 cm³/mol. The lowest BCUT2D eigenvalue weighted by Gasteiger charge is -2.17. The van der Waals surface area contributed by atoms with Crippen LogP contribution in [0.4, 0.5) is 0 Å². The molecule has 0 radical (unpaired) electrons. The second kappa shape index (κ2) is 11.6. The van der Waals surface area contributed by atoms with Gasteiger partial charge < -0.3 is 9.64 Å². The maximum Gasteiger partial charge on any atom is 0.172 e. The van der Waals surface area contributed by atoms with Crippen LogP contribution < -0.4 is 23.4 Å². The maximum absolute atomic E-state index is 8.49. The fraction of sp³-hybridized carbons (Fsp3) is 0.300. The minimum Gasteiger partial charge on any atom is -0.489 e. The highest BCUT2D eigenvalue weighted by Gasteiger charge is 2.07. The van der Waals surface area contributed by atoms with Crippen LogP contribution >= 0.6 is 0 Å². The van der Waals surface area contributed by atoms with Gasteiger partial charge in [-0.05, 0) is 37.4 Å². The van der Waals surface area contributed by atoms with Crippen LogP contribution in [0.15, 0.2) is 54.6 Å². The minimum atomic E-state index is -4.94. The normalized spacial score (nSPS) is 10.6. The average Bonchev–Trinajstić information content (AvgIpc) is 2.58. The third kappa shape index (κ3) is 11.5. The summed E-state index contributed by atoms with van der Waals surface area (Å²) in [6.45, 7) is 1.44. The molecule has 0 N–H and O–H groups in total. The van der Waals surface area contributed by atoms with Gasteiger partial charge in [-0.2, -0.15) is 4.58 Å². The number of likely N-dealkylation sites (N-methyl/N-ethyl adjacent to an activating group) is 1. The molecule has 28 heavy (non-hydrogen) atoms. The molecule has 0 fully saturated rings. The Bertz CT molecular complexity index is 770. The molecule has 0 bridgehead atoms. The first-order chi connectivity index (χ1) is 13.0. The van der Waals surface area contributed by atoms with E-state index in [1.165, 1.54) is 11.1 Å². The van der Waals surface area contributed by atoms with Gasteiger partial charge in [0.25, 0.3) is 0 Å². The lowest BCUT2D eigenvalue weighted by molar-refractivity contribution is -2.00. The van der Waals surface area contributed by atoms with Crippen LogP contribution in [-0.2, 0) is 6.61 Å². The monoisotopic (exact) mass is 408 g/mol. The van der Waals surface area contributed by atoms with E-state index in [0.717, 1.165) is 17.9 Å². The molecule has 0 aliphatic rings. The largest absolute Gasteiger partial charge is 0.489 e. The van der Waals surface area contributed by atoms with Crippen LogP contribution in [-0.4, -0.2) is 50.1 Å². The fourth-order valence-corrected chi connectivity index (χ4v) is 2.27. The van der Waals surface area contributed by atoms with E-state index in [0.29, 0.717) is 6.61 Å². The van der Waals surface area contributed by atoms with Crippen LogP contribution in [0.1, 0.15) is 11.1 Å². The Kier molecular flexibility index (Phi) is 9.85. The number of hydrogen-bond acceptors (Lipinski definition) is 6. The predicted octanol–water partition coefficient (Wildman–Crippen LogP) is -1.60. The zero-order chi connectivity index (χ0) is 21.2. The minimum absolute atomic E-state index is 0.588. The van der Waals surface area contributed by atoms with Gasteiger partial charge in [0.2, 0.25) is 0 Å². The van der Waals surface area contributed by atoms with E-state index in [2.05, 4.69) is 49.1 Å². The van der Waals surface area contributed by atoms with Crippen molar-refractivity contribution in [1.29, 1.82) is 0 Å². The molecule has 152 valence electrons. The quantitative estimate of drug-likeness (QED) is 0.420. The Morgan fingerprint density at radius 2 is 1.50 bits per heavy atom. The SMILES string of the molecule is CN(C)CC(=C=[N+](C)C)c1ccc(OCc2ccccc2)cc1.[O-][Cl+3]([O-])([O-])[O-]. The molecule has 0 aliphatic carbocycles. The topological polar surface area (TPSA) is 108 Å². The summed E-state index contributed by atoms with van der Waals surface area (Å²) < 4.78 is 41.8. The van der Waals surface area contributed by atoms with Crippen molar-refractivity contribution in [2.24, 2.45) is 0 Å². The molecule has 2 aromatic carbocycles. The summed E-state index contributed by atoms with van der Waals surface area (Å²) in [6, 6.07) is 18.4. The molecule has 0 heterocycles. The van der Waals surface area contributed by atoms with Crippen LogP contribution in [0.2, 0.25) is 0 Å². The van der Waals surface area contributed by atoms with Crippen molar-refractivity contribution in [3.8, 4) is 5.75 Å². The van der Waals surface area contributed by atoms with Crippen LogP contribution in [0.25, 0.3) is 5.57 Å². The molecule has 2 aromatic rings. The maximum atomic E-state index is 8.49. The van der Waals surface area contributed by atoms with Crippen molar-refractivity contribution in [2.45, 2.75) is 6.61 Å². The molecule has 7 nitrogen and oxygen atoms in total. The molecule has 0 amide bonds. The second-order valence-electron chi connectivity index (χ2n) is 6.40. The zero-order valence-corrected chi connectivity index (χ0v) is 17.2. The van der Waals surface area contributed by atoms with Crippen molar-refractivity contribution in [3.05, 3.63) is 65.7 Å². The van der Waals surface area contributed by atoms with Crippen LogP contribution in [0.5, 0.6) is 5.75 Å². The summed E-state index contributed by atoms with van der Waals surface area (Å²) in [4.78, 5) is 2.14. The first-order valence-electron chi connectivity index (χ1n) is 8.38. The van der Waals surface area contributed by atoms with Gasteiger partial charge in [-0.1, -0.05) is 42.5 Å². The summed E-state index contributed by atoms with van der Waals surface area (Å²) in [5.74, 6) is 4.25. The Balaban J connectivity index is 0.000000696. The second-order valence-corrected chi connectivity index (χ2v) is 7.16. The van der Waals surface area contributed by atoms with Crippen molar-refractivity contribution in [3.63, 3.8) is 0 Å². The lowest BCUT2D eigenvalue weighted by atomic mass is 10.1. The van der Waals surface area contributed by atoms with Gasteiger partial charge in [0.1, 0.15) is 26.5 Å². The van der Waals surface area contributed by atoms with Crippen molar-refractivity contribution >= 4 is 11.4 Å². The number of hydrogen-bond donors (Lipinski definition) is 0. The molecule has 2 rings (SSSR count). The number of ether oxygens (including phenoxy) is 1. The highest BCUT2D eigenvalue weighted by Crippen LogP contribution is 2.18. The molecule has 0 spiro atoms. The zero-order valence-electron chi connectivity index (χ0n) is 16.4.